The average Bonchev–Trinajstić information content (AvgIpc) is 2.78. The van der Waals surface area contributed by atoms with Gasteiger partial charge in [-0.15, -0.1) is 0 Å². The van der Waals surface area contributed by atoms with Crippen LogP contribution in [0.1, 0.15) is 43.3 Å². The van der Waals surface area contributed by atoms with E-state index in [0.29, 0.717) is 23.3 Å². The maximum Gasteiger partial charge on any atom is 0.282 e. The van der Waals surface area contributed by atoms with Crippen LogP contribution in [0.5, 0.6) is 5.75 Å². The molecule has 0 saturated heterocycles. The Labute approximate surface area is 215 Å². The molecule has 0 aliphatic rings. The van der Waals surface area contributed by atoms with Crippen molar-refractivity contribution in [2.45, 2.75) is 39.7 Å². The fraction of sp³-hybridized carbons (Fsp3) is 0.222. The Bertz CT molecular complexity index is 1440. The number of halogens is 2. The van der Waals surface area contributed by atoms with Gasteiger partial charge >= 0.3 is 0 Å². The Hall–Kier alpha value is -2.77. The van der Waals surface area contributed by atoms with Crippen molar-refractivity contribution < 1.29 is 4.74 Å². The molecule has 3 aromatic carbocycles. The summed E-state index contributed by atoms with van der Waals surface area (Å²) in [6.45, 7) is 8.59. The van der Waals surface area contributed by atoms with Gasteiger partial charge in [0.1, 0.15) is 18.2 Å². The Kier molecular flexibility index (Phi) is 7.05. The van der Waals surface area contributed by atoms with Gasteiger partial charge in [0, 0.05) is 9.89 Å². The lowest BCUT2D eigenvalue weighted by atomic mass is 9.95. The van der Waals surface area contributed by atoms with E-state index in [1.807, 2.05) is 51.1 Å². The fourth-order valence-corrected chi connectivity index (χ4v) is 4.30. The zero-order chi connectivity index (χ0) is 24.5. The van der Waals surface area contributed by atoms with Crippen LogP contribution >= 0.6 is 31.9 Å². The van der Waals surface area contributed by atoms with Crippen molar-refractivity contribution in [3.8, 4) is 5.75 Å². The summed E-state index contributed by atoms with van der Waals surface area (Å²) in [5.74, 6) is 1.34. The van der Waals surface area contributed by atoms with E-state index in [1.54, 1.807) is 12.3 Å². The number of fused-ring (bicyclic) bond motifs is 1. The Morgan fingerprint density at radius 3 is 2.44 bits per heavy atom. The van der Waals surface area contributed by atoms with Crippen molar-refractivity contribution >= 4 is 49.0 Å². The first-order chi connectivity index (χ1) is 16.1. The summed E-state index contributed by atoms with van der Waals surface area (Å²) in [7, 11) is 0. The van der Waals surface area contributed by atoms with E-state index in [0.717, 1.165) is 25.8 Å². The molecule has 0 N–H and O–H groups in total. The molecule has 1 heterocycles. The molecule has 5 nitrogen and oxygen atoms in total. The van der Waals surface area contributed by atoms with Crippen molar-refractivity contribution in [2.24, 2.45) is 5.10 Å². The normalized spacial score (nSPS) is 11.9. The molecule has 0 fully saturated rings. The summed E-state index contributed by atoms with van der Waals surface area (Å²) < 4.78 is 8.99. The Morgan fingerprint density at radius 1 is 1.03 bits per heavy atom. The van der Waals surface area contributed by atoms with Gasteiger partial charge in [0.2, 0.25) is 0 Å². The van der Waals surface area contributed by atoms with Crippen molar-refractivity contribution in [2.75, 3.05) is 0 Å². The minimum absolute atomic E-state index is 0.204. The van der Waals surface area contributed by atoms with Gasteiger partial charge < -0.3 is 4.74 Å². The number of aromatic nitrogens is 2. The lowest BCUT2D eigenvalue weighted by molar-refractivity contribution is 0.304. The maximum absolute atomic E-state index is 13.3. The van der Waals surface area contributed by atoms with E-state index in [1.165, 1.54) is 10.2 Å². The van der Waals surface area contributed by atoms with Gasteiger partial charge in [0.05, 0.1) is 21.6 Å². The number of hydrogen-bond donors (Lipinski definition) is 0. The molecule has 0 radical (unpaired) electrons. The standard InChI is InChI=1S/C27H25Br2N3O2/c1-17-5-7-18(8-6-17)16-34-24-12-9-19(13-22(24)29)15-30-32-25(33)21-14-20(28)10-11-23(21)31-26(32)27(2,3)4/h5-15H,16H2,1-4H3. The summed E-state index contributed by atoms with van der Waals surface area (Å²) in [6.07, 6.45) is 1.66. The van der Waals surface area contributed by atoms with Crippen molar-refractivity contribution in [3.05, 3.63) is 102 Å². The van der Waals surface area contributed by atoms with Gasteiger partial charge in [0.15, 0.2) is 0 Å². The third-order valence-electron chi connectivity index (χ3n) is 5.27. The van der Waals surface area contributed by atoms with Crippen molar-refractivity contribution in [3.63, 3.8) is 0 Å². The van der Waals surface area contributed by atoms with Crippen LogP contribution in [0.3, 0.4) is 0 Å². The van der Waals surface area contributed by atoms with Crippen LogP contribution in [-0.2, 0) is 12.0 Å². The molecule has 0 spiro atoms. The highest BCUT2D eigenvalue weighted by molar-refractivity contribution is 9.10. The number of aryl methyl sites for hydroxylation is 1. The number of hydrogen-bond acceptors (Lipinski definition) is 4. The lowest BCUT2D eigenvalue weighted by Crippen LogP contribution is -2.29. The number of rotatable bonds is 5. The summed E-state index contributed by atoms with van der Waals surface area (Å²) in [6, 6.07) is 19.5. The third-order valence-corrected chi connectivity index (χ3v) is 6.39. The van der Waals surface area contributed by atoms with E-state index in [9.17, 15) is 4.79 Å². The van der Waals surface area contributed by atoms with Gasteiger partial charge in [-0.05, 0) is 70.4 Å². The largest absolute Gasteiger partial charge is 0.488 e. The van der Waals surface area contributed by atoms with Crippen LogP contribution in [0, 0.1) is 6.92 Å². The summed E-state index contributed by atoms with van der Waals surface area (Å²) in [4.78, 5) is 18.0. The molecular weight excluding hydrogens is 558 g/mol. The number of benzene rings is 3. The molecule has 0 amide bonds. The van der Waals surface area contributed by atoms with E-state index in [4.69, 9.17) is 9.72 Å². The molecule has 0 unspecified atom stereocenters. The van der Waals surface area contributed by atoms with Crippen LogP contribution in [0.2, 0.25) is 0 Å². The van der Waals surface area contributed by atoms with E-state index < -0.39 is 0 Å². The molecule has 0 aliphatic heterocycles. The SMILES string of the molecule is Cc1ccc(COc2ccc(C=Nn3c(C(C)(C)C)nc4ccc(Br)cc4c3=O)cc2Br)cc1. The average molecular weight is 583 g/mol. The molecule has 0 saturated carbocycles. The molecule has 4 rings (SSSR count). The summed E-state index contributed by atoms with van der Waals surface area (Å²) >= 11 is 7.03. The molecule has 0 aliphatic carbocycles. The zero-order valence-electron chi connectivity index (χ0n) is 19.5. The third kappa shape index (κ3) is 5.47. The van der Waals surface area contributed by atoms with Crippen LogP contribution in [0.4, 0.5) is 0 Å². The summed E-state index contributed by atoms with van der Waals surface area (Å²) in [5, 5.41) is 5.05. The molecule has 0 bridgehead atoms. The van der Waals surface area contributed by atoms with E-state index in [-0.39, 0.29) is 11.0 Å². The van der Waals surface area contributed by atoms with Crippen LogP contribution < -0.4 is 10.3 Å². The molecule has 7 heteroatoms. The highest BCUT2D eigenvalue weighted by atomic mass is 79.9. The molecule has 4 aromatic rings. The number of nitrogens with zero attached hydrogens (tertiary/aromatic N) is 3. The van der Waals surface area contributed by atoms with E-state index in [2.05, 4.69) is 68.2 Å². The van der Waals surface area contributed by atoms with Gasteiger partial charge in [0.25, 0.3) is 5.56 Å². The Morgan fingerprint density at radius 2 is 1.76 bits per heavy atom. The lowest BCUT2D eigenvalue weighted by Gasteiger charge is -2.20. The second-order valence-electron chi connectivity index (χ2n) is 9.17. The van der Waals surface area contributed by atoms with Crippen molar-refractivity contribution in [1.29, 1.82) is 0 Å². The monoisotopic (exact) mass is 581 g/mol. The summed E-state index contributed by atoms with van der Waals surface area (Å²) in [5.41, 5.74) is 3.23. The smallest absolute Gasteiger partial charge is 0.282 e. The van der Waals surface area contributed by atoms with E-state index >= 15 is 0 Å². The second-order valence-corrected chi connectivity index (χ2v) is 10.9. The maximum atomic E-state index is 13.3. The van der Waals surface area contributed by atoms with Gasteiger partial charge in [-0.2, -0.15) is 9.78 Å². The minimum atomic E-state index is -0.369. The van der Waals surface area contributed by atoms with Gasteiger partial charge in [-0.1, -0.05) is 66.5 Å². The first kappa shape index (κ1) is 24.4. The van der Waals surface area contributed by atoms with Gasteiger partial charge in [-0.3, -0.25) is 4.79 Å². The highest BCUT2D eigenvalue weighted by Gasteiger charge is 2.22. The first-order valence-corrected chi connectivity index (χ1v) is 12.5. The second kappa shape index (κ2) is 9.84. The molecule has 1 aromatic heterocycles. The van der Waals surface area contributed by atoms with Crippen LogP contribution in [0.15, 0.2) is 79.5 Å². The minimum Gasteiger partial charge on any atom is -0.488 e. The van der Waals surface area contributed by atoms with Crippen LogP contribution in [0.25, 0.3) is 10.9 Å². The zero-order valence-corrected chi connectivity index (χ0v) is 22.6. The van der Waals surface area contributed by atoms with Crippen LogP contribution in [-0.4, -0.2) is 15.9 Å². The molecule has 0 atom stereocenters. The number of ether oxygens (including phenoxy) is 1. The molecular formula is C27H25Br2N3O2. The Balaban J connectivity index is 1.63. The first-order valence-electron chi connectivity index (χ1n) is 10.9. The quantitative estimate of drug-likeness (QED) is 0.238. The predicted molar refractivity (Wildman–Crippen MR) is 145 cm³/mol. The van der Waals surface area contributed by atoms with Gasteiger partial charge in [-0.25, -0.2) is 4.98 Å². The fourth-order valence-electron chi connectivity index (χ4n) is 3.43. The molecule has 34 heavy (non-hydrogen) atoms. The molecule has 174 valence electrons. The topological polar surface area (TPSA) is 56.5 Å². The highest BCUT2D eigenvalue weighted by Crippen LogP contribution is 2.27. The van der Waals surface area contributed by atoms with Crippen molar-refractivity contribution in [1.82, 2.24) is 9.66 Å². The predicted octanol–water partition coefficient (Wildman–Crippen LogP) is 6.99.